The fourth-order valence-corrected chi connectivity index (χ4v) is 4.26. The highest BCUT2D eigenvalue weighted by Crippen LogP contribution is 2.41. The van der Waals surface area contributed by atoms with E-state index >= 15 is 0 Å². The summed E-state index contributed by atoms with van der Waals surface area (Å²) in [4.78, 5) is 41.6. The second-order valence-electron chi connectivity index (χ2n) is 7.58. The monoisotopic (exact) mass is 377 g/mol. The molecule has 28 heavy (non-hydrogen) atoms. The molecule has 2 aromatic carbocycles. The molecule has 1 spiro atoms. The predicted molar refractivity (Wildman–Crippen MR) is 106 cm³/mol. The highest BCUT2D eigenvalue weighted by Gasteiger charge is 2.55. The van der Waals surface area contributed by atoms with Crippen LogP contribution in [0.3, 0.4) is 0 Å². The quantitative estimate of drug-likeness (QED) is 0.833. The van der Waals surface area contributed by atoms with Crippen molar-refractivity contribution < 1.29 is 14.4 Å². The van der Waals surface area contributed by atoms with E-state index in [-0.39, 0.29) is 24.4 Å². The van der Waals surface area contributed by atoms with Crippen LogP contribution < -0.4 is 10.2 Å². The van der Waals surface area contributed by atoms with Gasteiger partial charge < -0.3 is 10.2 Å². The van der Waals surface area contributed by atoms with Crippen molar-refractivity contribution in [1.82, 2.24) is 10.2 Å². The number of urea groups is 1. The number of carbonyl (C=O) groups excluding carboxylic acids is 3. The molecular weight excluding hydrogens is 354 g/mol. The van der Waals surface area contributed by atoms with Gasteiger partial charge in [0.05, 0.1) is 0 Å². The summed E-state index contributed by atoms with van der Waals surface area (Å²) >= 11 is 0. The van der Waals surface area contributed by atoms with Gasteiger partial charge >= 0.3 is 6.03 Å². The third-order valence-corrected chi connectivity index (χ3v) is 5.54. The number of imide groups is 1. The molecule has 2 aromatic rings. The van der Waals surface area contributed by atoms with Gasteiger partial charge in [0.25, 0.3) is 5.91 Å². The van der Waals surface area contributed by atoms with Gasteiger partial charge in [0.15, 0.2) is 0 Å². The highest BCUT2D eigenvalue weighted by atomic mass is 16.2. The molecule has 4 amide bonds. The van der Waals surface area contributed by atoms with Crippen LogP contribution in [0.4, 0.5) is 10.5 Å². The van der Waals surface area contributed by atoms with Gasteiger partial charge in [-0.25, -0.2) is 4.79 Å². The largest absolute Gasteiger partial charge is 0.325 e. The Balaban J connectivity index is 1.60. The molecule has 1 N–H and O–H groups in total. The Labute approximate surface area is 164 Å². The first-order valence-electron chi connectivity index (χ1n) is 9.53. The summed E-state index contributed by atoms with van der Waals surface area (Å²) in [6.07, 6.45) is 1.25. The molecule has 2 aliphatic rings. The van der Waals surface area contributed by atoms with E-state index in [2.05, 4.69) is 5.32 Å². The number of para-hydroxylation sites is 1. The number of carbonyl (C=O) groups is 3. The van der Waals surface area contributed by atoms with Crippen LogP contribution >= 0.6 is 0 Å². The fraction of sp³-hybridized carbons (Fsp3) is 0.318. The van der Waals surface area contributed by atoms with Crippen LogP contribution in [-0.2, 0) is 21.5 Å². The molecule has 1 saturated heterocycles. The van der Waals surface area contributed by atoms with Crippen LogP contribution in [0.15, 0.2) is 54.6 Å². The third-order valence-electron chi connectivity index (χ3n) is 5.54. The number of aryl methyl sites for hydroxylation is 1. The molecule has 0 radical (unpaired) electrons. The van der Waals surface area contributed by atoms with E-state index in [0.29, 0.717) is 6.42 Å². The minimum absolute atomic E-state index is 0.100. The van der Waals surface area contributed by atoms with E-state index in [1.54, 1.807) is 4.90 Å². The Hall–Kier alpha value is -3.15. The van der Waals surface area contributed by atoms with E-state index < -0.39 is 11.6 Å². The van der Waals surface area contributed by atoms with Crippen molar-refractivity contribution in [3.05, 3.63) is 65.7 Å². The zero-order chi connectivity index (χ0) is 19.9. The number of nitrogens with one attached hydrogen (secondary N) is 1. The van der Waals surface area contributed by atoms with E-state index in [1.165, 1.54) is 0 Å². The summed E-state index contributed by atoms with van der Waals surface area (Å²) in [5.74, 6) is -0.624. The molecule has 0 saturated carbocycles. The summed E-state index contributed by atoms with van der Waals surface area (Å²) in [6.45, 7) is 3.54. The van der Waals surface area contributed by atoms with Gasteiger partial charge in [-0.1, -0.05) is 42.5 Å². The van der Waals surface area contributed by atoms with Gasteiger partial charge in [-0.2, -0.15) is 0 Å². The van der Waals surface area contributed by atoms with Crippen molar-refractivity contribution in [2.45, 2.75) is 38.3 Å². The topological polar surface area (TPSA) is 69.7 Å². The Morgan fingerprint density at radius 3 is 2.50 bits per heavy atom. The number of benzene rings is 2. The second-order valence-corrected chi connectivity index (χ2v) is 7.58. The minimum Gasteiger partial charge on any atom is -0.319 e. The summed E-state index contributed by atoms with van der Waals surface area (Å²) in [7, 11) is 0. The molecule has 1 fully saturated rings. The van der Waals surface area contributed by atoms with Gasteiger partial charge in [-0.15, -0.1) is 0 Å². The van der Waals surface area contributed by atoms with Crippen LogP contribution in [0.5, 0.6) is 0 Å². The average Bonchev–Trinajstić information content (AvgIpc) is 3.16. The maximum Gasteiger partial charge on any atom is 0.325 e. The molecule has 1 aliphatic heterocycles. The lowest BCUT2D eigenvalue weighted by Crippen LogP contribution is -2.47. The summed E-state index contributed by atoms with van der Waals surface area (Å²) in [6, 6.07) is 16.3. The Morgan fingerprint density at radius 1 is 1.11 bits per heavy atom. The Bertz CT molecular complexity index is 941. The van der Waals surface area contributed by atoms with Gasteiger partial charge in [-0.05, 0) is 49.9 Å². The normalized spacial score (nSPS) is 20.6. The molecule has 144 valence electrons. The lowest BCUT2D eigenvalue weighted by molar-refractivity contribution is -0.134. The van der Waals surface area contributed by atoms with Crippen molar-refractivity contribution in [3.63, 3.8) is 0 Å². The first-order chi connectivity index (χ1) is 13.4. The number of fused-ring (bicyclic) bond motifs is 2. The standard InChI is InChI=1S/C22H23N3O3/c1-15(2)25(17-9-4-3-5-10-17)19(26)14-24-20(27)22(23-21(24)28)13-12-16-8-6-7-11-18(16)22/h3-11,15H,12-14H2,1-2H3,(H,23,28). The van der Waals surface area contributed by atoms with E-state index in [4.69, 9.17) is 0 Å². The fourth-order valence-electron chi connectivity index (χ4n) is 4.26. The lowest BCUT2D eigenvalue weighted by Gasteiger charge is -2.28. The van der Waals surface area contributed by atoms with Crippen LogP contribution in [0.2, 0.25) is 0 Å². The molecule has 6 nitrogen and oxygen atoms in total. The van der Waals surface area contributed by atoms with Crippen molar-refractivity contribution in [1.29, 1.82) is 0 Å². The van der Waals surface area contributed by atoms with Crippen LogP contribution in [0.25, 0.3) is 0 Å². The van der Waals surface area contributed by atoms with Crippen molar-refractivity contribution in [2.75, 3.05) is 11.4 Å². The molecule has 0 aromatic heterocycles. The van der Waals surface area contributed by atoms with Gasteiger partial charge in [-0.3, -0.25) is 14.5 Å². The third kappa shape index (κ3) is 2.76. The first-order valence-corrected chi connectivity index (χ1v) is 9.53. The molecule has 1 atom stereocenters. The Morgan fingerprint density at radius 2 is 1.79 bits per heavy atom. The first kappa shape index (κ1) is 18.2. The number of amides is 4. The number of hydrogen-bond acceptors (Lipinski definition) is 3. The number of anilines is 1. The lowest BCUT2D eigenvalue weighted by atomic mass is 9.92. The summed E-state index contributed by atoms with van der Waals surface area (Å²) in [5.41, 5.74) is 1.61. The highest BCUT2D eigenvalue weighted by molar-refractivity contribution is 6.11. The number of rotatable bonds is 4. The van der Waals surface area contributed by atoms with Crippen LogP contribution in [0, 0.1) is 0 Å². The second kappa shape index (κ2) is 6.78. The van der Waals surface area contributed by atoms with Gasteiger partial charge in [0, 0.05) is 11.7 Å². The van der Waals surface area contributed by atoms with Crippen molar-refractivity contribution >= 4 is 23.5 Å². The molecular formula is C22H23N3O3. The average molecular weight is 377 g/mol. The van der Waals surface area contributed by atoms with E-state index in [9.17, 15) is 14.4 Å². The van der Waals surface area contributed by atoms with Crippen LogP contribution in [0.1, 0.15) is 31.4 Å². The maximum atomic E-state index is 13.2. The van der Waals surface area contributed by atoms with Crippen LogP contribution in [-0.4, -0.2) is 35.3 Å². The molecule has 4 rings (SSSR count). The van der Waals surface area contributed by atoms with Gasteiger partial charge in [0.1, 0.15) is 12.1 Å². The summed E-state index contributed by atoms with van der Waals surface area (Å²) < 4.78 is 0. The van der Waals surface area contributed by atoms with Crippen molar-refractivity contribution in [2.24, 2.45) is 0 Å². The SMILES string of the molecule is CC(C)N(C(=O)CN1C(=O)NC2(CCc3ccccc32)C1=O)c1ccccc1. The molecule has 1 heterocycles. The van der Waals surface area contributed by atoms with E-state index in [0.717, 1.165) is 28.1 Å². The Kier molecular flexibility index (Phi) is 4.41. The zero-order valence-electron chi connectivity index (χ0n) is 16.0. The van der Waals surface area contributed by atoms with Crippen molar-refractivity contribution in [3.8, 4) is 0 Å². The smallest absolute Gasteiger partial charge is 0.319 e. The molecule has 0 bridgehead atoms. The molecule has 6 heteroatoms. The predicted octanol–water partition coefficient (Wildman–Crippen LogP) is 2.82. The van der Waals surface area contributed by atoms with E-state index in [1.807, 2.05) is 68.4 Å². The number of nitrogens with zero attached hydrogens (tertiary/aromatic N) is 2. The number of hydrogen-bond donors (Lipinski definition) is 1. The minimum atomic E-state index is -1.04. The molecule has 1 unspecified atom stereocenters. The maximum absolute atomic E-state index is 13.2. The van der Waals surface area contributed by atoms with Gasteiger partial charge in [0.2, 0.25) is 5.91 Å². The molecule has 1 aliphatic carbocycles. The zero-order valence-corrected chi connectivity index (χ0v) is 16.0. The summed E-state index contributed by atoms with van der Waals surface area (Å²) in [5, 5.41) is 2.87.